The monoisotopic (exact) mass is 561 g/mol. The topological polar surface area (TPSA) is 125 Å². The van der Waals surface area contributed by atoms with Gasteiger partial charge in [0.1, 0.15) is 10.6 Å². The Morgan fingerprint density at radius 3 is 2.79 bits per heavy atom. The van der Waals surface area contributed by atoms with E-state index in [0.717, 1.165) is 65.5 Å². The minimum atomic E-state index is -3.90. The van der Waals surface area contributed by atoms with Gasteiger partial charge in [0.15, 0.2) is 0 Å². The second-order valence-corrected chi connectivity index (χ2v) is 11.7. The number of aromatic amines is 1. The summed E-state index contributed by atoms with van der Waals surface area (Å²) in [5.41, 5.74) is 4.59. The van der Waals surface area contributed by atoms with E-state index in [4.69, 9.17) is 16.6 Å². The van der Waals surface area contributed by atoms with Crippen molar-refractivity contribution >= 4 is 55.1 Å². The Morgan fingerprint density at radius 1 is 1.13 bits per heavy atom. The van der Waals surface area contributed by atoms with E-state index in [1.165, 1.54) is 6.07 Å². The fourth-order valence-electron chi connectivity index (χ4n) is 5.06. The van der Waals surface area contributed by atoms with Crippen molar-refractivity contribution in [2.75, 3.05) is 23.1 Å². The SMILES string of the molecule is CCc1cc(-c2n[nH]c3c(NS(=O)(=O)c4ccccc4Cl)cccc23)cc2cnc(NC3CCCNC3)nc12. The van der Waals surface area contributed by atoms with Crippen LogP contribution in [0.4, 0.5) is 11.6 Å². The predicted molar refractivity (Wildman–Crippen MR) is 156 cm³/mol. The van der Waals surface area contributed by atoms with Crippen molar-refractivity contribution in [1.29, 1.82) is 0 Å². The number of sulfonamides is 1. The molecule has 0 spiro atoms. The minimum absolute atomic E-state index is 0.0131. The van der Waals surface area contributed by atoms with Crippen LogP contribution in [-0.4, -0.2) is 47.7 Å². The summed E-state index contributed by atoms with van der Waals surface area (Å²) in [6.45, 7) is 4.06. The largest absolute Gasteiger partial charge is 0.350 e. The van der Waals surface area contributed by atoms with Gasteiger partial charge < -0.3 is 10.6 Å². The highest BCUT2D eigenvalue weighted by Gasteiger charge is 2.21. The van der Waals surface area contributed by atoms with E-state index < -0.39 is 10.0 Å². The van der Waals surface area contributed by atoms with E-state index in [0.29, 0.717) is 23.2 Å². The van der Waals surface area contributed by atoms with E-state index in [2.05, 4.69) is 43.5 Å². The Kier molecular flexibility index (Phi) is 6.84. The van der Waals surface area contributed by atoms with Gasteiger partial charge in [-0.1, -0.05) is 42.8 Å². The van der Waals surface area contributed by atoms with Crippen LogP contribution >= 0.6 is 11.6 Å². The average molecular weight is 562 g/mol. The minimum Gasteiger partial charge on any atom is -0.350 e. The number of benzene rings is 3. The van der Waals surface area contributed by atoms with Crippen LogP contribution in [0, 0.1) is 0 Å². The molecular weight excluding hydrogens is 534 g/mol. The molecular formula is C28H28ClN7O2S. The zero-order chi connectivity index (χ0) is 27.0. The van der Waals surface area contributed by atoms with Crippen molar-refractivity contribution in [3.8, 4) is 11.3 Å². The van der Waals surface area contributed by atoms with Crippen LogP contribution in [0.5, 0.6) is 0 Å². The summed E-state index contributed by atoms with van der Waals surface area (Å²) in [6.07, 6.45) is 4.87. The van der Waals surface area contributed by atoms with Crippen LogP contribution in [0.2, 0.25) is 5.02 Å². The van der Waals surface area contributed by atoms with E-state index in [-0.39, 0.29) is 9.92 Å². The van der Waals surface area contributed by atoms with Crippen LogP contribution in [0.1, 0.15) is 25.3 Å². The summed E-state index contributed by atoms with van der Waals surface area (Å²) >= 11 is 6.16. The smallest absolute Gasteiger partial charge is 0.263 e. The van der Waals surface area contributed by atoms with E-state index in [1.807, 2.05) is 18.3 Å². The molecule has 3 aromatic carbocycles. The number of fused-ring (bicyclic) bond motifs is 2. The van der Waals surface area contributed by atoms with E-state index in [1.54, 1.807) is 30.3 Å². The van der Waals surface area contributed by atoms with Gasteiger partial charge in [-0.05, 0) is 61.7 Å². The Morgan fingerprint density at radius 2 is 2.00 bits per heavy atom. The molecule has 5 aromatic rings. The molecule has 0 aliphatic carbocycles. The molecule has 1 unspecified atom stereocenters. The molecule has 0 radical (unpaired) electrons. The summed E-state index contributed by atoms with van der Waals surface area (Å²) in [5.74, 6) is 0.638. The Labute approximate surface area is 231 Å². The second-order valence-electron chi connectivity index (χ2n) is 9.64. The molecule has 1 aliphatic heterocycles. The molecule has 4 N–H and O–H groups in total. The fourth-order valence-corrected chi connectivity index (χ4v) is 6.65. The van der Waals surface area contributed by atoms with Crippen molar-refractivity contribution in [3.63, 3.8) is 0 Å². The van der Waals surface area contributed by atoms with Crippen molar-refractivity contribution in [1.82, 2.24) is 25.5 Å². The van der Waals surface area contributed by atoms with Gasteiger partial charge in [-0.25, -0.2) is 18.4 Å². The molecule has 1 saturated heterocycles. The van der Waals surface area contributed by atoms with Crippen LogP contribution in [0.25, 0.3) is 33.1 Å². The third-order valence-corrected chi connectivity index (χ3v) is 8.88. The highest BCUT2D eigenvalue weighted by Crippen LogP contribution is 2.34. The lowest BCUT2D eigenvalue weighted by Gasteiger charge is -2.23. The number of aryl methyl sites for hydroxylation is 1. The maximum atomic E-state index is 13.1. The van der Waals surface area contributed by atoms with Gasteiger partial charge in [0.2, 0.25) is 5.95 Å². The molecule has 2 aromatic heterocycles. The first kappa shape index (κ1) is 25.5. The summed E-state index contributed by atoms with van der Waals surface area (Å²) in [7, 11) is -3.90. The molecule has 0 amide bonds. The van der Waals surface area contributed by atoms with Crippen LogP contribution in [0.15, 0.2) is 65.7 Å². The standard InChI is InChI=1S/C28H28ClN7O2S/c1-2-17-13-18(14-19-15-31-28(33-25(17)19)32-20-7-6-12-30-16-20)26-21-8-5-10-23(27(21)35-34-26)36-39(37,38)24-11-4-3-9-22(24)29/h3-5,8-11,13-15,20,30,36H,2,6-7,12,16H2,1H3,(H,34,35)(H,31,32,33). The average Bonchev–Trinajstić information content (AvgIpc) is 3.38. The number of piperidine rings is 1. The summed E-state index contributed by atoms with van der Waals surface area (Å²) in [4.78, 5) is 9.45. The lowest BCUT2D eigenvalue weighted by molar-refractivity contribution is 0.478. The Bertz CT molecular complexity index is 1780. The van der Waals surface area contributed by atoms with Gasteiger partial charge in [0, 0.05) is 35.1 Å². The number of nitrogens with one attached hydrogen (secondary N) is 4. The second kappa shape index (κ2) is 10.4. The first-order valence-electron chi connectivity index (χ1n) is 12.9. The predicted octanol–water partition coefficient (Wildman–Crippen LogP) is 5.35. The molecule has 11 heteroatoms. The zero-order valence-corrected chi connectivity index (χ0v) is 22.9. The number of halogens is 1. The summed E-state index contributed by atoms with van der Waals surface area (Å²) < 4.78 is 28.8. The zero-order valence-electron chi connectivity index (χ0n) is 21.3. The molecule has 200 valence electrons. The molecule has 3 heterocycles. The lowest BCUT2D eigenvalue weighted by atomic mass is 10.0. The van der Waals surface area contributed by atoms with Gasteiger partial charge >= 0.3 is 0 Å². The first-order chi connectivity index (χ1) is 18.9. The molecule has 6 rings (SSSR count). The lowest BCUT2D eigenvalue weighted by Crippen LogP contribution is -2.38. The van der Waals surface area contributed by atoms with Gasteiger partial charge in [-0.2, -0.15) is 5.10 Å². The molecule has 1 aliphatic rings. The van der Waals surface area contributed by atoms with Crippen molar-refractivity contribution in [2.45, 2.75) is 37.1 Å². The van der Waals surface area contributed by atoms with Crippen molar-refractivity contribution in [2.24, 2.45) is 0 Å². The quantitative estimate of drug-likeness (QED) is 0.211. The normalized spacial score (nSPS) is 16.0. The van der Waals surface area contributed by atoms with E-state index in [9.17, 15) is 8.42 Å². The summed E-state index contributed by atoms with van der Waals surface area (Å²) in [6, 6.07) is 16.2. The highest BCUT2D eigenvalue weighted by molar-refractivity contribution is 7.92. The number of hydrogen-bond acceptors (Lipinski definition) is 7. The third-order valence-electron chi connectivity index (χ3n) is 7.02. The van der Waals surface area contributed by atoms with Crippen molar-refractivity contribution in [3.05, 3.63) is 71.4 Å². The number of anilines is 2. The van der Waals surface area contributed by atoms with Crippen LogP contribution < -0.4 is 15.4 Å². The van der Waals surface area contributed by atoms with Gasteiger partial charge in [-0.3, -0.25) is 9.82 Å². The van der Waals surface area contributed by atoms with Crippen LogP contribution in [-0.2, 0) is 16.4 Å². The third kappa shape index (κ3) is 5.03. The Balaban J connectivity index is 1.36. The van der Waals surface area contributed by atoms with Gasteiger partial charge in [-0.15, -0.1) is 0 Å². The fraction of sp³-hybridized carbons (Fsp3) is 0.250. The molecule has 0 saturated carbocycles. The number of hydrogen-bond donors (Lipinski definition) is 4. The maximum absolute atomic E-state index is 13.1. The molecule has 0 bridgehead atoms. The summed E-state index contributed by atoms with van der Waals surface area (Å²) in [5, 5.41) is 16.3. The van der Waals surface area contributed by atoms with Gasteiger partial charge in [0.05, 0.1) is 21.7 Å². The number of rotatable bonds is 7. The van der Waals surface area contributed by atoms with Crippen LogP contribution in [0.3, 0.4) is 0 Å². The highest BCUT2D eigenvalue weighted by atomic mass is 35.5. The Hall–Kier alpha value is -3.73. The molecule has 1 atom stereocenters. The number of para-hydroxylation sites is 1. The number of H-pyrrole nitrogens is 1. The maximum Gasteiger partial charge on any atom is 0.263 e. The van der Waals surface area contributed by atoms with E-state index >= 15 is 0 Å². The molecule has 39 heavy (non-hydrogen) atoms. The number of nitrogens with zero attached hydrogens (tertiary/aromatic N) is 3. The molecule has 1 fully saturated rings. The van der Waals surface area contributed by atoms with Crippen molar-refractivity contribution < 1.29 is 8.42 Å². The number of aromatic nitrogens is 4. The van der Waals surface area contributed by atoms with Gasteiger partial charge in [0.25, 0.3) is 10.0 Å². The molecule has 9 nitrogen and oxygen atoms in total. The first-order valence-corrected chi connectivity index (χ1v) is 14.8.